The molecule has 0 aliphatic rings. The van der Waals surface area contributed by atoms with E-state index < -0.39 is 0 Å². The summed E-state index contributed by atoms with van der Waals surface area (Å²) in [7, 11) is 0. The Kier molecular flexibility index (Phi) is 4.47. The van der Waals surface area contributed by atoms with E-state index in [1.54, 1.807) is 6.20 Å². The van der Waals surface area contributed by atoms with Crippen molar-refractivity contribution in [3.63, 3.8) is 0 Å². The molecule has 3 nitrogen and oxygen atoms in total. The molecule has 19 heavy (non-hydrogen) atoms. The molecule has 0 spiro atoms. The quantitative estimate of drug-likeness (QED) is 0.818. The lowest BCUT2D eigenvalue weighted by Gasteiger charge is -2.08. The van der Waals surface area contributed by atoms with Gasteiger partial charge in [-0.15, -0.1) is 0 Å². The summed E-state index contributed by atoms with van der Waals surface area (Å²) in [6, 6.07) is 12.2. The normalized spacial score (nSPS) is 10.2. The van der Waals surface area contributed by atoms with Crippen molar-refractivity contribution in [2.45, 2.75) is 19.8 Å². The Bertz CT molecular complexity index is 564. The molecule has 0 fully saturated rings. The number of thiocarbonyl (C=S) groups is 1. The van der Waals surface area contributed by atoms with Crippen molar-refractivity contribution in [1.29, 1.82) is 0 Å². The fourth-order valence-electron chi connectivity index (χ4n) is 1.85. The molecule has 3 N–H and O–H groups in total. The van der Waals surface area contributed by atoms with E-state index in [0.717, 1.165) is 24.2 Å². The van der Waals surface area contributed by atoms with Crippen LogP contribution < -0.4 is 11.1 Å². The third-order valence-electron chi connectivity index (χ3n) is 2.79. The van der Waals surface area contributed by atoms with Crippen LogP contribution in [-0.2, 0) is 6.42 Å². The minimum Gasteiger partial charge on any atom is -0.388 e. The number of benzene rings is 1. The average Bonchev–Trinajstić information content (AvgIpc) is 2.42. The second-order valence-electron chi connectivity index (χ2n) is 4.37. The van der Waals surface area contributed by atoms with Gasteiger partial charge in [0, 0.05) is 17.6 Å². The van der Waals surface area contributed by atoms with E-state index in [0.29, 0.717) is 10.7 Å². The number of aromatic nitrogens is 1. The number of nitrogens with zero attached hydrogens (tertiary/aromatic N) is 1. The molecule has 0 saturated heterocycles. The SMILES string of the molecule is CCCc1ccc(Nc2ccnc(C(N)=S)c2)cc1. The molecule has 0 aliphatic carbocycles. The summed E-state index contributed by atoms with van der Waals surface area (Å²) in [4.78, 5) is 4.42. The highest BCUT2D eigenvalue weighted by Gasteiger charge is 2.00. The zero-order valence-corrected chi connectivity index (χ0v) is 11.7. The molecule has 0 atom stereocenters. The third-order valence-corrected chi connectivity index (χ3v) is 3.00. The van der Waals surface area contributed by atoms with Gasteiger partial charge in [-0.25, -0.2) is 0 Å². The van der Waals surface area contributed by atoms with Crippen LogP contribution in [0.25, 0.3) is 0 Å². The number of anilines is 2. The van der Waals surface area contributed by atoms with E-state index in [1.807, 2.05) is 12.1 Å². The standard InChI is InChI=1S/C15H17N3S/c1-2-3-11-4-6-12(7-5-11)18-13-8-9-17-14(10-13)15(16)19/h4-10H,2-3H2,1H3,(H2,16,19)(H,17,18). The van der Waals surface area contributed by atoms with E-state index in [4.69, 9.17) is 18.0 Å². The molecule has 2 aromatic rings. The summed E-state index contributed by atoms with van der Waals surface area (Å²) in [5.74, 6) is 0. The van der Waals surface area contributed by atoms with Gasteiger partial charge in [-0.05, 0) is 36.2 Å². The van der Waals surface area contributed by atoms with Crippen molar-refractivity contribution in [1.82, 2.24) is 4.98 Å². The molecular weight excluding hydrogens is 254 g/mol. The van der Waals surface area contributed by atoms with Crippen LogP contribution in [0.4, 0.5) is 11.4 Å². The Balaban J connectivity index is 2.12. The van der Waals surface area contributed by atoms with Crippen molar-refractivity contribution in [2.75, 3.05) is 5.32 Å². The molecule has 0 amide bonds. The maximum absolute atomic E-state index is 5.57. The minimum absolute atomic E-state index is 0.307. The minimum atomic E-state index is 0.307. The topological polar surface area (TPSA) is 50.9 Å². The van der Waals surface area contributed by atoms with Gasteiger partial charge in [0.2, 0.25) is 0 Å². The number of nitrogens with two attached hydrogens (primary N) is 1. The van der Waals surface area contributed by atoms with E-state index >= 15 is 0 Å². The molecule has 1 aromatic heterocycles. The first-order valence-electron chi connectivity index (χ1n) is 6.31. The summed E-state index contributed by atoms with van der Waals surface area (Å²) in [5.41, 5.74) is 9.52. The number of pyridine rings is 1. The van der Waals surface area contributed by atoms with Gasteiger partial charge in [-0.3, -0.25) is 4.98 Å². The van der Waals surface area contributed by atoms with Crippen molar-refractivity contribution < 1.29 is 0 Å². The third kappa shape index (κ3) is 3.76. The van der Waals surface area contributed by atoms with Crippen molar-refractivity contribution in [3.8, 4) is 0 Å². The first-order valence-corrected chi connectivity index (χ1v) is 6.71. The van der Waals surface area contributed by atoms with Crippen LogP contribution in [0.15, 0.2) is 42.6 Å². The van der Waals surface area contributed by atoms with Crippen molar-refractivity contribution >= 4 is 28.6 Å². The highest BCUT2D eigenvalue weighted by atomic mass is 32.1. The molecule has 0 unspecified atom stereocenters. The molecule has 1 heterocycles. The van der Waals surface area contributed by atoms with Crippen LogP contribution >= 0.6 is 12.2 Å². The Hall–Kier alpha value is -1.94. The zero-order chi connectivity index (χ0) is 13.7. The van der Waals surface area contributed by atoms with Gasteiger partial charge in [0.15, 0.2) is 0 Å². The molecule has 1 aromatic carbocycles. The van der Waals surface area contributed by atoms with Gasteiger partial charge in [-0.1, -0.05) is 37.7 Å². The summed E-state index contributed by atoms with van der Waals surface area (Å²) < 4.78 is 0. The van der Waals surface area contributed by atoms with Crippen molar-refractivity contribution in [2.24, 2.45) is 5.73 Å². The van der Waals surface area contributed by atoms with Crippen LogP contribution in [0.5, 0.6) is 0 Å². The van der Waals surface area contributed by atoms with E-state index in [-0.39, 0.29) is 0 Å². The molecule has 0 radical (unpaired) electrons. The fourth-order valence-corrected chi connectivity index (χ4v) is 1.96. The van der Waals surface area contributed by atoms with Gasteiger partial charge >= 0.3 is 0 Å². The molecule has 2 rings (SSSR count). The molecule has 0 saturated carbocycles. The molecule has 4 heteroatoms. The molecule has 0 bridgehead atoms. The Morgan fingerprint density at radius 2 is 1.95 bits per heavy atom. The smallest absolute Gasteiger partial charge is 0.122 e. The van der Waals surface area contributed by atoms with Gasteiger partial charge < -0.3 is 11.1 Å². The lowest BCUT2D eigenvalue weighted by molar-refractivity contribution is 0.922. The fraction of sp³-hybridized carbons (Fsp3) is 0.200. The highest BCUT2D eigenvalue weighted by Crippen LogP contribution is 2.17. The number of aryl methyl sites for hydroxylation is 1. The van der Waals surface area contributed by atoms with Crippen LogP contribution in [-0.4, -0.2) is 9.97 Å². The highest BCUT2D eigenvalue weighted by molar-refractivity contribution is 7.80. The number of hydrogen-bond donors (Lipinski definition) is 2. The van der Waals surface area contributed by atoms with Gasteiger partial charge in [0.05, 0.1) is 5.69 Å². The Morgan fingerprint density at radius 3 is 2.58 bits per heavy atom. The molecule has 98 valence electrons. The number of nitrogens with one attached hydrogen (secondary N) is 1. The second-order valence-corrected chi connectivity index (χ2v) is 4.81. The van der Waals surface area contributed by atoms with E-state index in [1.165, 1.54) is 5.56 Å². The van der Waals surface area contributed by atoms with Crippen LogP contribution in [0.1, 0.15) is 24.6 Å². The lowest BCUT2D eigenvalue weighted by atomic mass is 10.1. The van der Waals surface area contributed by atoms with Crippen molar-refractivity contribution in [3.05, 3.63) is 53.9 Å². The van der Waals surface area contributed by atoms with E-state index in [9.17, 15) is 0 Å². The monoisotopic (exact) mass is 271 g/mol. The van der Waals surface area contributed by atoms with Crippen LogP contribution in [0, 0.1) is 0 Å². The number of rotatable bonds is 5. The second kappa shape index (κ2) is 6.29. The Labute approximate surface area is 118 Å². The van der Waals surface area contributed by atoms with E-state index in [2.05, 4.69) is 41.5 Å². The number of hydrogen-bond acceptors (Lipinski definition) is 3. The van der Waals surface area contributed by atoms with Crippen LogP contribution in [0.2, 0.25) is 0 Å². The largest absolute Gasteiger partial charge is 0.388 e. The predicted octanol–water partition coefficient (Wildman–Crippen LogP) is 3.41. The summed E-state index contributed by atoms with van der Waals surface area (Å²) >= 11 is 4.92. The lowest BCUT2D eigenvalue weighted by Crippen LogP contribution is -2.11. The molecular formula is C15H17N3S. The van der Waals surface area contributed by atoms with Gasteiger partial charge in [0.1, 0.15) is 4.99 Å². The average molecular weight is 271 g/mol. The molecule has 0 aliphatic heterocycles. The Morgan fingerprint density at radius 1 is 1.21 bits per heavy atom. The zero-order valence-electron chi connectivity index (χ0n) is 10.9. The predicted molar refractivity (Wildman–Crippen MR) is 83.8 cm³/mol. The summed E-state index contributed by atoms with van der Waals surface area (Å²) in [5, 5.41) is 3.31. The first-order chi connectivity index (χ1) is 9.19. The van der Waals surface area contributed by atoms with Crippen LogP contribution in [0.3, 0.4) is 0 Å². The summed E-state index contributed by atoms with van der Waals surface area (Å²) in [6.07, 6.45) is 3.97. The maximum Gasteiger partial charge on any atom is 0.122 e. The van der Waals surface area contributed by atoms with Gasteiger partial charge in [0.25, 0.3) is 0 Å². The first kappa shape index (κ1) is 13.5. The maximum atomic E-state index is 5.57. The summed E-state index contributed by atoms with van der Waals surface area (Å²) in [6.45, 7) is 2.18. The van der Waals surface area contributed by atoms with Gasteiger partial charge in [-0.2, -0.15) is 0 Å².